The third kappa shape index (κ3) is 4.37. The van der Waals surface area contributed by atoms with Gasteiger partial charge in [0, 0.05) is 25.0 Å². The number of para-hydroxylation sites is 1. The summed E-state index contributed by atoms with van der Waals surface area (Å²) in [4.78, 5) is 31.0. The Morgan fingerprint density at radius 1 is 1.19 bits per heavy atom. The number of carbonyl (C=O) groups excluding carboxylic acids is 1. The van der Waals surface area contributed by atoms with E-state index >= 15 is 0 Å². The SMILES string of the molecule is C[C@H](c1ccc(Cl)cc1)N(C)C(=O)CCCn1cnc2ccccc2c1=O. The predicted octanol–water partition coefficient (Wildman–Crippen LogP) is 4.05. The Bertz CT molecular complexity index is 998. The number of carbonyl (C=O) groups is 1. The van der Waals surface area contributed by atoms with E-state index < -0.39 is 0 Å². The molecule has 0 bridgehead atoms. The molecular weight excluding hydrogens is 362 g/mol. The topological polar surface area (TPSA) is 55.2 Å². The minimum Gasteiger partial charge on any atom is -0.339 e. The van der Waals surface area contributed by atoms with Gasteiger partial charge in [-0.15, -0.1) is 0 Å². The van der Waals surface area contributed by atoms with Crippen LogP contribution in [-0.4, -0.2) is 27.4 Å². The minimum atomic E-state index is -0.0732. The number of fused-ring (bicyclic) bond motifs is 1. The molecular formula is C21H22ClN3O2. The summed E-state index contributed by atoms with van der Waals surface area (Å²) in [5, 5.41) is 1.27. The van der Waals surface area contributed by atoms with E-state index in [1.165, 1.54) is 0 Å². The van der Waals surface area contributed by atoms with Crippen LogP contribution in [0.1, 0.15) is 31.4 Å². The van der Waals surface area contributed by atoms with Crippen molar-refractivity contribution in [1.82, 2.24) is 14.5 Å². The molecule has 0 saturated carbocycles. The lowest BCUT2D eigenvalue weighted by molar-refractivity contribution is -0.131. The van der Waals surface area contributed by atoms with E-state index in [1.807, 2.05) is 49.4 Å². The van der Waals surface area contributed by atoms with Gasteiger partial charge < -0.3 is 4.90 Å². The van der Waals surface area contributed by atoms with Gasteiger partial charge in [-0.2, -0.15) is 0 Å². The van der Waals surface area contributed by atoms with Crippen molar-refractivity contribution < 1.29 is 4.79 Å². The molecule has 1 amide bonds. The van der Waals surface area contributed by atoms with Gasteiger partial charge in [-0.05, 0) is 43.2 Å². The number of rotatable bonds is 6. The molecule has 0 fully saturated rings. The monoisotopic (exact) mass is 383 g/mol. The highest BCUT2D eigenvalue weighted by molar-refractivity contribution is 6.30. The van der Waals surface area contributed by atoms with Crippen LogP contribution in [0, 0.1) is 0 Å². The number of halogens is 1. The Balaban J connectivity index is 1.60. The molecule has 27 heavy (non-hydrogen) atoms. The Hall–Kier alpha value is -2.66. The molecule has 0 saturated heterocycles. The molecule has 1 heterocycles. The molecule has 6 heteroatoms. The van der Waals surface area contributed by atoms with Crippen LogP contribution in [0.4, 0.5) is 0 Å². The Labute approximate surface area is 163 Å². The van der Waals surface area contributed by atoms with Gasteiger partial charge in [-0.25, -0.2) is 4.98 Å². The largest absolute Gasteiger partial charge is 0.339 e. The summed E-state index contributed by atoms with van der Waals surface area (Å²) >= 11 is 5.92. The number of benzene rings is 2. The lowest BCUT2D eigenvalue weighted by Crippen LogP contribution is -2.30. The van der Waals surface area contributed by atoms with E-state index in [0.29, 0.717) is 35.3 Å². The van der Waals surface area contributed by atoms with E-state index in [2.05, 4.69) is 4.98 Å². The van der Waals surface area contributed by atoms with Gasteiger partial charge in [0.05, 0.1) is 23.3 Å². The van der Waals surface area contributed by atoms with Gasteiger partial charge in [0.25, 0.3) is 5.56 Å². The van der Waals surface area contributed by atoms with Crippen molar-refractivity contribution in [3.8, 4) is 0 Å². The molecule has 0 aliphatic carbocycles. The fourth-order valence-electron chi connectivity index (χ4n) is 3.02. The van der Waals surface area contributed by atoms with E-state index in [9.17, 15) is 9.59 Å². The van der Waals surface area contributed by atoms with Crippen molar-refractivity contribution in [3.05, 3.63) is 75.8 Å². The second-order valence-electron chi connectivity index (χ2n) is 6.60. The summed E-state index contributed by atoms with van der Waals surface area (Å²) < 4.78 is 1.57. The molecule has 3 rings (SSSR count). The Morgan fingerprint density at radius 3 is 2.63 bits per heavy atom. The molecule has 0 unspecified atom stereocenters. The summed E-state index contributed by atoms with van der Waals surface area (Å²) in [6, 6.07) is 14.7. The van der Waals surface area contributed by atoms with Crippen molar-refractivity contribution in [2.24, 2.45) is 0 Å². The minimum absolute atomic E-state index is 0.0410. The summed E-state index contributed by atoms with van der Waals surface area (Å²) in [5.41, 5.74) is 1.65. The van der Waals surface area contributed by atoms with Crippen LogP contribution in [0.25, 0.3) is 10.9 Å². The number of aryl methyl sites for hydroxylation is 1. The number of aromatic nitrogens is 2. The molecule has 0 N–H and O–H groups in total. The normalized spacial score (nSPS) is 12.1. The van der Waals surface area contributed by atoms with Gasteiger partial charge in [-0.1, -0.05) is 35.9 Å². The summed E-state index contributed by atoms with van der Waals surface area (Å²) in [6.45, 7) is 2.45. The first-order valence-corrected chi connectivity index (χ1v) is 9.30. The van der Waals surface area contributed by atoms with Gasteiger partial charge in [0.15, 0.2) is 0 Å². The van der Waals surface area contributed by atoms with E-state index in [1.54, 1.807) is 28.9 Å². The third-order valence-electron chi connectivity index (χ3n) is 4.85. The van der Waals surface area contributed by atoms with Gasteiger partial charge in [0.2, 0.25) is 5.91 Å². The molecule has 1 aromatic heterocycles. The highest BCUT2D eigenvalue weighted by Crippen LogP contribution is 2.21. The predicted molar refractivity (Wildman–Crippen MR) is 108 cm³/mol. The zero-order chi connectivity index (χ0) is 19.4. The average Bonchev–Trinajstić information content (AvgIpc) is 2.69. The zero-order valence-electron chi connectivity index (χ0n) is 15.4. The lowest BCUT2D eigenvalue weighted by atomic mass is 10.1. The van der Waals surface area contributed by atoms with Crippen LogP contribution < -0.4 is 5.56 Å². The maximum atomic E-state index is 12.5. The van der Waals surface area contributed by atoms with Crippen molar-refractivity contribution in [2.45, 2.75) is 32.4 Å². The second-order valence-corrected chi connectivity index (χ2v) is 7.03. The van der Waals surface area contributed by atoms with Crippen LogP contribution in [-0.2, 0) is 11.3 Å². The van der Waals surface area contributed by atoms with Gasteiger partial charge in [0.1, 0.15) is 0 Å². The summed E-state index contributed by atoms with van der Waals surface area (Å²) in [5.74, 6) is 0.0410. The zero-order valence-corrected chi connectivity index (χ0v) is 16.2. The van der Waals surface area contributed by atoms with Crippen molar-refractivity contribution in [3.63, 3.8) is 0 Å². The molecule has 3 aromatic rings. The van der Waals surface area contributed by atoms with Crippen LogP contribution in [0.5, 0.6) is 0 Å². The standard InChI is InChI=1S/C21H22ClN3O2/c1-15(16-9-11-17(22)12-10-16)24(2)20(26)8-5-13-25-14-23-19-7-4-3-6-18(19)21(25)27/h3-4,6-7,9-12,14-15H,5,8,13H2,1-2H3/t15-/m1/s1. The lowest BCUT2D eigenvalue weighted by Gasteiger charge is -2.25. The van der Waals surface area contributed by atoms with Crippen molar-refractivity contribution in [1.29, 1.82) is 0 Å². The van der Waals surface area contributed by atoms with E-state index in [4.69, 9.17) is 11.6 Å². The first-order chi connectivity index (χ1) is 13.0. The Morgan fingerprint density at radius 2 is 1.89 bits per heavy atom. The number of hydrogen-bond donors (Lipinski definition) is 0. The summed E-state index contributed by atoms with van der Waals surface area (Å²) in [6.07, 6.45) is 2.50. The first-order valence-electron chi connectivity index (χ1n) is 8.92. The molecule has 140 valence electrons. The maximum Gasteiger partial charge on any atom is 0.261 e. The maximum absolute atomic E-state index is 12.5. The van der Waals surface area contributed by atoms with Crippen LogP contribution in [0.15, 0.2) is 59.7 Å². The number of amides is 1. The van der Waals surface area contributed by atoms with Crippen LogP contribution in [0.3, 0.4) is 0 Å². The Kier molecular flexibility index (Phi) is 5.91. The fourth-order valence-corrected chi connectivity index (χ4v) is 3.15. The number of hydrogen-bond acceptors (Lipinski definition) is 3. The molecule has 2 aromatic carbocycles. The molecule has 0 spiro atoms. The number of nitrogens with zero attached hydrogens (tertiary/aromatic N) is 3. The molecule has 0 aliphatic heterocycles. The van der Waals surface area contributed by atoms with Crippen LogP contribution >= 0.6 is 11.6 Å². The third-order valence-corrected chi connectivity index (χ3v) is 5.10. The van der Waals surface area contributed by atoms with Crippen molar-refractivity contribution in [2.75, 3.05) is 7.05 Å². The highest BCUT2D eigenvalue weighted by Gasteiger charge is 2.17. The smallest absolute Gasteiger partial charge is 0.261 e. The summed E-state index contributed by atoms with van der Waals surface area (Å²) in [7, 11) is 1.80. The quantitative estimate of drug-likeness (QED) is 0.645. The highest BCUT2D eigenvalue weighted by atomic mass is 35.5. The van der Waals surface area contributed by atoms with Crippen LogP contribution in [0.2, 0.25) is 5.02 Å². The fraction of sp³-hybridized carbons (Fsp3) is 0.286. The van der Waals surface area contributed by atoms with E-state index in [-0.39, 0.29) is 17.5 Å². The van der Waals surface area contributed by atoms with Gasteiger partial charge >= 0.3 is 0 Å². The molecule has 1 atom stereocenters. The van der Waals surface area contributed by atoms with E-state index in [0.717, 1.165) is 5.56 Å². The average molecular weight is 384 g/mol. The first kappa shape index (κ1) is 19.1. The molecule has 0 aliphatic rings. The van der Waals surface area contributed by atoms with Crippen molar-refractivity contribution >= 4 is 28.4 Å². The molecule has 0 radical (unpaired) electrons. The molecule has 5 nitrogen and oxygen atoms in total. The second kappa shape index (κ2) is 8.35. The van der Waals surface area contributed by atoms with Gasteiger partial charge in [-0.3, -0.25) is 14.2 Å².